The molecule has 0 spiro atoms. The minimum Gasteiger partial charge on any atom is -0.352 e. The van der Waals surface area contributed by atoms with Crippen LogP contribution in [0.5, 0.6) is 0 Å². The SMILES string of the molecule is O=C(CCc1c(Cl)cccc1Cl)NCc1ccncc1. The van der Waals surface area contributed by atoms with Crippen LogP contribution in [0.2, 0.25) is 10.0 Å². The van der Waals surface area contributed by atoms with Crippen LogP contribution in [0.3, 0.4) is 0 Å². The molecule has 0 atom stereocenters. The largest absolute Gasteiger partial charge is 0.352 e. The Morgan fingerprint density at radius 2 is 1.75 bits per heavy atom. The summed E-state index contributed by atoms with van der Waals surface area (Å²) in [5.41, 5.74) is 1.83. The van der Waals surface area contributed by atoms with Gasteiger partial charge in [-0.2, -0.15) is 0 Å². The number of hydrogen-bond donors (Lipinski definition) is 1. The number of benzene rings is 1. The lowest BCUT2D eigenvalue weighted by atomic mass is 10.1. The number of amides is 1. The molecule has 0 saturated heterocycles. The van der Waals surface area contributed by atoms with Crippen LogP contribution in [0.4, 0.5) is 0 Å². The third-order valence-electron chi connectivity index (χ3n) is 2.90. The first kappa shape index (κ1) is 14.8. The molecular weight excluding hydrogens is 295 g/mol. The molecule has 2 rings (SSSR count). The molecule has 1 amide bonds. The van der Waals surface area contributed by atoms with Gasteiger partial charge in [-0.15, -0.1) is 0 Å². The summed E-state index contributed by atoms with van der Waals surface area (Å²) < 4.78 is 0. The molecule has 0 bridgehead atoms. The average Bonchev–Trinajstić information content (AvgIpc) is 2.46. The van der Waals surface area contributed by atoms with E-state index >= 15 is 0 Å². The molecule has 2 aromatic rings. The maximum absolute atomic E-state index is 11.8. The van der Waals surface area contributed by atoms with Crippen LogP contribution in [0, 0.1) is 0 Å². The average molecular weight is 309 g/mol. The fourth-order valence-corrected chi connectivity index (χ4v) is 2.39. The van der Waals surface area contributed by atoms with Crippen LogP contribution in [0.1, 0.15) is 17.5 Å². The van der Waals surface area contributed by atoms with Crippen molar-refractivity contribution in [2.75, 3.05) is 0 Å². The molecular formula is C15H14Cl2N2O. The van der Waals surface area contributed by atoms with Gasteiger partial charge in [0.2, 0.25) is 5.91 Å². The molecule has 0 saturated carbocycles. The molecule has 20 heavy (non-hydrogen) atoms. The summed E-state index contributed by atoms with van der Waals surface area (Å²) in [5, 5.41) is 4.05. The number of rotatable bonds is 5. The minimum absolute atomic E-state index is 0.0298. The van der Waals surface area contributed by atoms with Crippen LogP contribution in [0.15, 0.2) is 42.7 Å². The topological polar surface area (TPSA) is 42.0 Å². The van der Waals surface area contributed by atoms with Crippen LogP contribution < -0.4 is 5.32 Å². The molecule has 0 aliphatic heterocycles. The summed E-state index contributed by atoms with van der Waals surface area (Å²) >= 11 is 12.1. The molecule has 1 N–H and O–H groups in total. The summed E-state index contributed by atoms with van der Waals surface area (Å²) in [6.45, 7) is 0.498. The van der Waals surface area contributed by atoms with Crippen LogP contribution in [-0.2, 0) is 17.8 Å². The van der Waals surface area contributed by atoms with Crippen molar-refractivity contribution in [3.63, 3.8) is 0 Å². The van der Waals surface area contributed by atoms with Crippen molar-refractivity contribution in [3.05, 3.63) is 63.9 Å². The maximum Gasteiger partial charge on any atom is 0.220 e. The Kier molecular flexibility index (Phi) is 5.39. The van der Waals surface area contributed by atoms with Crippen LogP contribution in [0.25, 0.3) is 0 Å². The van der Waals surface area contributed by atoms with E-state index < -0.39 is 0 Å². The number of nitrogens with zero attached hydrogens (tertiary/aromatic N) is 1. The zero-order chi connectivity index (χ0) is 14.4. The quantitative estimate of drug-likeness (QED) is 0.916. The second kappa shape index (κ2) is 7.27. The lowest BCUT2D eigenvalue weighted by molar-refractivity contribution is -0.121. The zero-order valence-corrected chi connectivity index (χ0v) is 12.3. The molecule has 5 heteroatoms. The predicted molar refractivity (Wildman–Crippen MR) is 80.9 cm³/mol. The lowest BCUT2D eigenvalue weighted by Crippen LogP contribution is -2.23. The summed E-state index contributed by atoms with van der Waals surface area (Å²) in [7, 11) is 0. The van der Waals surface area contributed by atoms with E-state index in [4.69, 9.17) is 23.2 Å². The van der Waals surface area contributed by atoms with E-state index in [1.165, 1.54) is 0 Å². The number of carbonyl (C=O) groups excluding carboxylic acids is 1. The molecule has 1 aromatic carbocycles. The normalized spacial score (nSPS) is 10.3. The number of nitrogens with one attached hydrogen (secondary N) is 1. The molecule has 0 radical (unpaired) electrons. The monoisotopic (exact) mass is 308 g/mol. The van der Waals surface area contributed by atoms with Crippen molar-refractivity contribution in [2.45, 2.75) is 19.4 Å². The highest BCUT2D eigenvalue weighted by atomic mass is 35.5. The fourth-order valence-electron chi connectivity index (χ4n) is 1.80. The Bertz CT molecular complexity index is 567. The third-order valence-corrected chi connectivity index (χ3v) is 3.61. The Labute approximate surface area is 127 Å². The van der Waals surface area contributed by atoms with Crippen LogP contribution in [-0.4, -0.2) is 10.9 Å². The van der Waals surface area contributed by atoms with E-state index in [1.54, 1.807) is 30.6 Å². The van der Waals surface area contributed by atoms with Gasteiger partial charge in [0.25, 0.3) is 0 Å². The van der Waals surface area contributed by atoms with Gasteiger partial charge in [-0.3, -0.25) is 9.78 Å². The Morgan fingerprint density at radius 3 is 2.40 bits per heavy atom. The second-order valence-corrected chi connectivity index (χ2v) is 5.15. The molecule has 0 aliphatic carbocycles. The number of aromatic nitrogens is 1. The highest BCUT2D eigenvalue weighted by Crippen LogP contribution is 2.25. The van der Waals surface area contributed by atoms with E-state index in [0.717, 1.165) is 11.1 Å². The van der Waals surface area contributed by atoms with E-state index in [0.29, 0.717) is 29.4 Å². The first-order valence-corrected chi connectivity index (χ1v) is 7.01. The maximum atomic E-state index is 11.8. The van der Waals surface area contributed by atoms with E-state index in [1.807, 2.05) is 12.1 Å². The highest BCUT2D eigenvalue weighted by Gasteiger charge is 2.08. The van der Waals surface area contributed by atoms with Gasteiger partial charge < -0.3 is 5.32 Å². The van der Waals surface area contributed by atoms with Gasteiger partial charge in [0.1, 0.15) is 0 Å². The van der Waals surface area contributed by atoms with Gasteiger partial charge in [0, 0.05) is 35.4 Å². The molecule has 104 valence electrons. The molecule has 0 aliphatic rings. The molecule has 1 aromatic heterocycles. The van der Waals surface area contributed by atoms with Gasteiger partial charge in [0.15, 0.2) is 0 Å². The fraction of sp³-hybridized carbons (Fsp3) is 0.200. The van der Waals surface area contributed by atoms with Gasteiger partial charge in [0.05, 0.1) is 0 Å². The van der Waals surface area contributed by atoms with Crippen molar-refractivity contribution in [1.29, 1.82) is 0 Å². The van der Waals surface area contributed by atoms with E-state index in [9.17, 15) is 4.79 Å². The number of hydrogen-bond acceptors (Lipinski definition) is 2. The number of pyridine rings is 1. The van der Waals surface area contributed by atoms with Crippen molar-refractivity contribution >= 4 is 29.1 Å². The van der Waals surface area contributed by atoms with Crippen molar-refractivity contribution in [1.82, 2.24) is 10.3 Å². The standard InChI is InChI=1S/C15H14Cl2N2O/c16-13-2-1-3-14(17)12(13)4-5-15(20)19-10-11-6-8-18-9-7-11/h1-3,6-9H,4-5,10H2,(H,19,20). The van der Waals surface area contributed by atoms with Crippen molar-refractivity contribution in [2.24, 2.45) is 0 Å². The van der Waals surface area contributed by atoms with Gasteiger partial charge in [-0.25, -0.2) is 0 Å². The lowest BCUT2D eigenvalue weighted by Gasteiger charge is -2.08. The second-order valence-electron chi connectivity index (χ2n) is 4.33. The summed E-state index contributed by atoms with van der Waals surface area (Å²) in [4.78, 5) is 15.7. The Balaban J connectivity index is 1.84. The smallest absolute Gasteiger partial charge is 0.220 e. The van der Waals surface area contributed by atoms with Gasteiger partial charge in [-0.05, 0) is 41.8 Å². The van der Waals surface area contributed by atoms with Gasteiger partial charge >= 0.3 is 0 Å². The molecule has 3 nitrogen and oxygen atoms in total. The van der Waals surface area contributed by atoms with Crippen molar-refractivity contribution < 1.29 is 4.79 Å². The van der Waals surface area contributed by atoms with Crippen LogP contribution >= 0.6 is 23.2 Å². The Hall–Kier alpha value is -1.58. The van der Waals surface area contributed by atoms with E-state index in [-0.39, 0.29) is 5.91 Å². The number of halogens is 2. The summed E-state index contributed by atoms with van der Waals surface area (Å²) in [6.07, 6.45) is 4.28. The molecule has 0 unspecified atom stereocenters. The first-order chi connectivity index (χ1) is 9.66. The minimum atomic E-state index is -0.0298. The highest BCUT2D eigenvalue weighted by molar-refractivity contribution is 6.36. The van der Waals surface area contributed by atoms with E-state index in [2.05, 4.69) is 10.3 Å². The number of carbonyl (C=O) groups is 1. The first-order valence-electron chi connectivity index (χ1n) is 6.25. The van der Waals surface area contributed by atoms with Crippen molar-refractivity contribution in [3.8, 4) is 0 Å². The predicted octanol–water partition coefficient (Wildman–Crippen LogP) is 3.64. The zero-order valence-electron chi connectivity index (χ0n) is 10.8. The molecule has 0 fully saturated rings. The third kappa shape index (κ3) is 4.22. The Morgan fingerprint density at radius 1 is 1.10 bits per heavy atom. The van der Waals surface area contributed by atoms with Gasteiger partial charge in [-0.1, -0.05) is 29.3 Å². The summed E-state index contributed by atoms with van der Waals surface area (Å²) in [6, 6.07) is 9.07. The summed E-state index contributed by atoms with van der Waals surface area (Å²) in [5.74, 6) is -0.0298. The molecule has 1 heterocycles.